The zero-order chi connectivity index (χ0) is 20.4. The van der Waals surface area contributed by atoms with Crippen molar-refractivity contribution in [3.8, 4) is 22.6 Å². The number of para-hydroxylation sites is 1. The van der Waals surface area contributed by atoms with Crippen LogP contribution in [0.2, 0.25) is 0 Å². The van der Waals surface area contributed by atoms with Gasteiger partial charge in [0.2, 0.25) is 0 Å². The van der Waals surface area contributed by atoms with E-state index < -0.39 is 11.3 Å². The van der Waals surface area contributed by atoms with E-state index >= 15 is 0 Å². The number of aromatic amines is 1. The fraction of sp³-hybridized carbons (Fsp3) is 0.0952. The van der Waals surface area contributed by atoms with Crippen molar-refractivity contribution in [1.82, 2.24) is 14.3 Å². The third kappa shape index (κ3) is 4.00. The minimum atomic E-state index is -2.36. The van der Waals surface area contributed by atoms with Gasteiger partial charge in [-0.1, -0.05) is 24.3 Å². The van der Waals surface area contributed by atoms with Crippen LogP contribution in [0, 0.1) is 0 Å². The fourth-order valence-corrected chi connectivity index (χ4v) is 3.51. The number of nitrogens with one attached hydrogen (secondary N) is 2. The lowest BCUT2D eigenvalue weighted by Crippen LogP contribution is -2.17. The first-order valence-electron chi connectivity index (χ1n) is 8.88. The highest BCUT2D eigenvalue weighted by atomic mass is 32.2. The van der Waals surface area contributed by atoms with E-state index in [1.54, 1.807) is 31.6 Å². The molecule has 1 unspecified atom stereocenters. The molecule has 0 aliphatic heterocycles. The number of fused-ring (bicyclic) bond motifs is 1. The Morgan fingerprint density at radius 1 is 1.14 bits per heavy atom. The van der Waals surface area contributed by atoms with Crippen LogP contribution < -0.4 is 15.0 Å². The van der Waals surface area contributed by atoms with Crippen LogP contribution in [0.1, 0.15) is 5.56 Å². The molecule has 2 aromatic heterocycles. The van der Waals surface area contributed by atoms with Crippen molar-refractivity contribution in [3.05, 3.63) is 82.9 Å². The molecule has 0 spiro atoms. The van der Waals surface area contributed by atoms with Crippen LogP contribution in [0.25, 0.3) is 22.0 Å². The molecule has 29 heavy (non-hydrogen) atoms. The molecule has 4 aromatic rings. The molecule has 2 aromatic carbocycles. The molecule has 0 amide bonds. The maximum Gasteiger partial charge on any atom is 0.274 e. The zero-order valence-electron chi connectivity index (χ0n) is 15.5. The Morgan fingerprint density at radius 3 is 2.69 bits per heavy atom. The van der Waals surface area contributed by atoms with Gasteiger partial charge in [-0.3, -0.25) is 9.00 Å². The van der Waals surface area contributed by atoms with Crippen LogP contribution in [-0.4, -0.2) is 18.3 Å². The van der Waals surface area contributed by atoms with Gasteiger partial charge in [0.05, 0.1) is 0 Å². The lowest BCUT2D eigenvalue weighted by atomic mass is 10.0. The van der Waals surface area contributed by atoms with E-state index in [0.717, 1.165) is 22.1 Å². The monoisotopic (exact) mass is 408 g/mol. The van der Waals surface area contributed by atoms with Crippen molar-refractivity contribution in [1.29, 1.82) is 0 Å². The third-order valence-corrected chi connectivity index (χ3v) is 4.97. The van der Waals surface area contributed by atoms with Gasteiger partial charge in [-0.2, -0.15) is 0 Å². The highest BCUT2D eigenvalue weighted by molar-refractivity contribution is 7.77. The molecule has 8 heteroatoms. The molecule has 0 aliphatic rings. The van der Waals surface area contributed by atoms with Crippen LogP contribution in [0.3, 0.4) is 0 Å². The lowest BCUT2D eigenvalue weighted by molar-refractivity contribution is 0.484. The highest BCUT2D eigenvalue weighted by Gasteiger charge is 2.15. The third-order valence-electron chi connectivity index (χ3n) is 4.59. The first-order valence-corrected chi connectivity index (χ1v) is 9.96. The van der Waals surface area contributed by atoms with E-state index in [2.05, 4.69) is 9.71 Å². The summed E-state index contributed by atoms with van der Waals surface area (Å²) in [4.78, 5) is 15.4. The standard InChI is InChI=1S/C21H19N3O4S/c1-24-13-18(16-9-10-22-20(16)21(24)25)17-11-14(12-23-29(26)27)7-8-19(17)28-15-5-3-2-4-6-15/h2-11,13,22-23H,12H2,1H3,(H,26,27)/p-1. The number of aromatic nitrogens is 2. The number of hydrogen-bond acceptors (Lipinski definition) is 4. The number of pyridine rings is 1. The Morgan fingerprint density at radius 2 is 1.93 bits per heavy atom. The van der Waals surface area contributed by atoms with Crippen LogP contribution in [0.4, 0.5) is 0 Å². The molecule has 0 radical (unpaired) electrons. The Bertz CT molecular complexity index is 1250. The normalized spacial score (nSPS) is 12.2. The van der Waals surface area contributed by atoms with Gasteiger partial charge in [-0.25, -0.2) is 4.72 Å². The summed E-state index contributed by atoms with van der Waals surface area (Å²) < 4.78 is 31.7. The van der Waals surface area contributed by atoms with Crippen molar-refractivity contribution in [2.75, 3.05) is 0 Å². The van der Waals surface area contributed by atoms with E-state index in [9.17, 15) is 13.6 Å². The first kappa shape index (κ1) is 19.1. The summed E-state index contributed by atoms with van der Waals surface area (Å²) in [6.07, 6.45) is 3.48. The van der Waals surface area contributed by atoms with Gasteiger partial charge >= 0.3 is 0 Å². The molecule has 1 atom stereocenters. The van der Waals surface area contributed by atoms with Gasteiger partial charge in [0.1, 0.15) is 17.0 Å². The molecule has 0 fully saturated rings. The number of ether oxygens (including phenoxy) is 1. The van der Waals surface area contributed by atoms with E-state index in [0.29, 0.717) is 17.0 Å². The van der Waals surface area contributed by atoms with E-state index in [4.69, 9.17) is 4.74 Å². The van der Waals surface area contributed by atoms with Crippen LogP contribution >= 0.6 is 0 Å². The summed E-state index contributed by atoms with van der Waals surface area (Å²) in [5, 5.41) is 0.767. The quantitative estimate of drug-likeness (QED) is 0.479. The second kappa shape index (κ2) is 8.04. The lowest BCUT2D eigenvalue weighted by Gasteiger charge is -2.15. The number of H-pyrrole nitrogens is 1. The Hall–Kier alpha value is -3.20. The summed E-state index contributed by atoms with van der Waals surface area (Å²) in [5.41, 5.74) is 2.70. The molecule has 7 nitrogen and oxygen atoms in total. The second-order valence-corrected chi connectivity index (χ2v) is 7.28. The van der Waals surface area contributed by atoms with Crippen molar-refractivity contribution in [2.24, 2.45) is 7.05 Å². The highest BCUT2D eigenvalue weighted by Crippen LogP contribution is 2.37. The minimum Gasteiger partial charge on any atom is -0.760 e. The average Bonchev–Trinajstić information content (AvgIpc) is 3.21. The summed E-state index contributed by atoms with van der Waals surface area (Å²) in [7, 11) is 1.69. The van der Waals surface area contributed by atoms with Crippen molar-refractivity contribution in [3.63, 3.8) is 0 Å². The predicted molar refractivity (Wildman–Crippen MR) is 111 cm³/mol. The van der Waals surface area contributed by atoms with Gasteiger partial charge in [-0.15, -0.1) is 0 Å². The van der Waals surface area contributed by atoms with Crippen molar-refractivity contribution in [2.45, 2.75) is 6.54 Å². The smallest absolute Gasteiger partial charge is 0.274 e. The summed E-state index contributed by atoms with van der Waals surface area (Å²) in [6.45, 7) is 0.150. The number of aryl methyl sites for hydroxylation is 1. The Labute approximate surface area is 169 Å². The molecule has 2 heterocycles. The van der Waals surface area contributed by atoms with Crippen LogP contribution in [0.5, 0.6) is 11.5 Å². The summed E-state index contributed by atoms with van der Waals surface area (Å²) >= 11 is -2.36. The summed E-state index contributed by atoms with van der Waals surface area (Å²) in [6, 6.07) is 16.7. The number of benzene rings is 2. The largest absolute Gasteiger partial charge is 0.760 e. The molecule has 4 rings (SSSR count). The molecule has 0 aliphatic carbocycles. The maximum atomic E-state index is 12.4. The summed E-state index contributed by atoms with van der Waals surface area (Å²) in [5.74, 6) is 1.28. The Balaban J connectivity index is 1.88. The fourth-order valence-electron chi connectivity index (χ4n) is 3.23. The van der Waals surface area contributed by atoms with E-state index in [-0.39, 0.29) is 12.1 Å². The first-order chi connectivity index (χ1) is 14.0. The van der Waals surface area contributed by atoms with E-state index in [1.807, 2.05) is 42.5 Å². The van der Waals surface area contributed by atoms with Gasteiger partial charge in [0, 0.05) is 53.8 Å². The van der Waals surface area contributed by atoms with Gasteiger partial charge < -0.3 is 18.8 Å². The second-order valence-electron chi connectivity index (χ2n) is 6.53. The van der Waals surface area contributed by atoms with Crippen molar-refractivity contribution < 1.29 is 13.5 Å². The molecule has 0 saturated carbocycles. The number of nitrogens with zero attached hydrogens (tertiary/aromatic N) is 1. The zero-order valence-corrected chi connectivity index (χ0v) is 16.4. The van der Waals surface area contributed by atoms with E-state index in [1.165, 1.54) is 4.57 Å². The molecular weight excluding hydrogens is 390 g/mol. The number of rotatable bonds is 6. The number of hydrogen-bond donors (Lipinski definition) is 2. The molecule has 2 N–H and O–H groups in total. The van der Waals surface area contributed by atoms with Gasteiger partial charge in [0.15, 0.2) is 0 Å². The predicted octanol–water partition coefficient (Wildman–Crippen LogP) is 3.21. The average molecular weight is 408 g/mol. The maximum absolute atomic E-state index is 12.4. The molecule has 148 valence electrons. The van der Waals surface area contributed by atoms with Crippen LogP contribution in [0.15, 0.2) is 71.8 Å². The van der Waals surface area contributed by atoms with Crippen LogP contribution in [-0.2, 0) is 24.9 Å². The SMILES string of the molecule is Cn1cc(-c2cc(CNS(=O)[O-])ccc2Oc2ccccc2)c2cc[nH]c2c1=O. The Kier molecular flexibility index (Phi) is 5.30. The van der Waals surface area contributed by atoms with Crippen molar-refractivity contribution >= 4 is 22.2 Å². The topological polar surface area (TPSA) is 99.2 Å². The minimum absolute atomic E-state index is 0.126. The molecular formula is C21H18N3O4S-. The molecule has 0 bridgehead atoms. The molecule has 0 saturated heterocycles. The van der Waals surface area contributed by atoms with Gasteiger partial charge in [0.25, 0.3) is 5.56 Å². The van der Waals surface area contributed by atoms with Gasteiger partial charge in [-0.05, 0) is 35.9 Å².